The number of nitrogens with one attached hydrogen (secondary N) is 2. The highest BCUT2D eigenvalue weighted by molar-refractivity contribution is 5.78. The molecule has 0 bridgehead atoms. The minimum Gasteiger partial charge on any atom is -0.369 e. The van der Waals surface area contributed by atoms with E-state index in [4.69, 9.17) is 0 Å². The minimum atomic E-state index is -0.0763. The molecule has 1 fully saturated rings. The topological polar surface area (TPSA) is 47.6 Å². The Morgan fingerprint density at radius 1 is 1.32 bits per heavy atom. The first-order valence-corrected chi connectivity index (χ1v) is 9.39. The SMILES string of the molecule is C=C1c2cccc(N3CCNCC3)c2CN1C(C=O)CCCCNC. The van der Waals surface area contributed by atoms with Crippen molar-refractivity contribution in [3.05, 3.63) is 35.9 Å². The Bertz CT molecular complexity index is 610. The largest absolute Gasteiger partial charge is 0.369 e. The number of carbonyl (C=O) groups excluding carboxylic acids is 1. The molecule has 1 aromatic carbocycles. The van der Waals surface area contributed by atoms with Crippen LogP contribution in [0, 0.1) is 0 Å². The molecule has 5 heteroatoms. The number of hydrogen-bond acceptors (Lipinski definition) is 5. The van der Waals surface area contributed by atoms with Crippen molar-refractivity contribution in [3.8, 4) is 0 Å². The van der Waals surface area contributed by atoms with Gasteiger partial charge in [0.25, 0.3) is 0 Å². The molecule has 136 valence electrons. The lowest BCUT2D eigenvalue weighted by Crippen LogP contribution is -2.44. The van der Waals surface area contributed by atoms with Gasteiger partial charge in [-0.25, -0.2) is 0 Å². The molecule has 0 spiro atoms. The van der Waals surface area contributed by atoms with E-state index >= 15 is 0 Å². The van der Waals surface area contributed by atoms with Gasteiger partial charge in [-0.3, -0.25) is 0 Å². The molecule has 5 nitrogen and oxygen atoms in total. The smallest absolute Gasteiger partial charge is 0.142 e. The van der Waals surface area contributed by atoms with Gasteiger partial charge in [-0.15, -0.1) is 0 Å². The van der Waals surface area contributed by atoms with Crippen molar-refractivity contribution < 1.29 is 4.79 Å². The maximum atomic E-state index is 11.7. The lowest BCUT2D eigenvalue weighted by Gasteiger charge is -2.31. The van der Waals surface area contributed by atoms with E-state index in [2.05, 4.69) is 45.2 Å². The minimum absolute atomic E-state index is 0.0763. The number of hydrogen-bond donors (Lipinski definition) is 2. The van der Waals surface area contributed by atoms with Gasteiger partial charge in [0.15, 0.2) is 0 Å². The highest BCUT2D eigenvalue weighted by atomic mass is 16.1. The average Bonchev–Trinajstić information content (AvgIpc) is 2.99. The van der Waals surface area contributed by atoms with E-state index in [1.165, 1.54) is 16.8 Å². The number of fused-ring (bicyclic) bond motifs is 1. The molecule has 3 rings (SSSR count). The van der Waals surface area contributed by atoms with Crippen molar-refractivity contribution in [2.45, 2.75) is 31.8 Å². The second-order valence-electron chi connectivity index (χ2n) is 6.92. The van der Waals surface area contributed by atoms with Crippen LogP contribution >= 0.6 is 0 Å². The van der Waals surface area contributed by atoms with Crippen molar-refractivity contribution >= 4 is 17.7 Å². The van der Waals surface area contributed by atoms with Crippen molar-refractivity contribution in [1.82, 2.24) is 15.5 Å². The summed E-state index contributed by atoms with van der Waals surface area (Å²) in [5.74, 6) is 0. The van der Waals surface area contributed by atoms with E-state index in [-0.39, 0.29) is 6.04 Å². The standard InChI is InChI=1S/C20H30N4O/c1-16-18-7-5-8-20(23-12-10-22-11-13-23)19(18)14-24(16)17(15-25)6-3-4-9-21-2/h5,7-8,15,17,21-22H,1,3-4,6,9-14H2,2H3. The second-order valence-corrected chi connectivity index (χ2v) is 6.92. The lowest BCUT2D eigenvalue weighted by molar-refractivity contribution is -0.111. The number of nitrogens with zero attached hydrogens (tertiary/aromatic N) is 2. The van der Waals surface area contributed by atoms with Crippen molar-refractivity contribution in [3.63, 3.8) is 0 Å². The van der Waals surface area contributed by atoms with Gasteiger partial charge in [0.2, 0.25) is 0 Å². The van der Waals surface area contributed by atoms with Gasteiger partial charge in [0, 0.05) is 55.2 Å². The highest BCUT2D eigenvalue weighted by Crippen LogP contribution is 2.39. The van der Waals surface area contributed by atoms with Gasteiger partial charge in [-0.05, 0) is 38.9 Å². The van der Waals surface area contributed by atoms with Gasteiger partial charge < -0.3 is 25.2 Å². The van der Waals surface area contributed by atoms with Crippen LogP contribution in [0.5, 0.6) is 0 Å². The molecule has 1 saturated heterocycles. The van der Waals surface area contributed by atoms with Crippen LogP contribution in [0.25, 0.3) is 5.70 Å². The van der Waals surface area contributed by atoms with Crippen LogP contribution < -0.4 is 15.5 Å². The molecule has 2 N–H and O–H groups in total. The van der Waals surface area contributed by atoms with Crippen LogP contribution in [0.2, 0.25) is 0 Å². The quantitative estimate of drug-likeness (QED) is 0.558. The van der Waals surface area contributed by atoms with Gasteiger partial charge in [0.05, 0.1) is 6.04 Å². The summed E-state index contributed by atoms with van der Waals surface area (Å²) in [6, 6.07) is 6.40. The Hall–Kier alpha value is -1.85. The zero-order valence-corrected chi connectivity index (χ0v) is 15.3. The molecule has 0 radical (unpaired) electrons. The number of anilines is 1. The van der Waals surface area contributed by atoms with Gasteiger partial charge in [-0.1, -0.05) is 18.7 Å². The second kappa shape index (κ2) is 8.50. The Kier molecular flexibility index (Phi) is 6.10. The first-order valence-electron chi connectivity index (χ1n) is 9.39. The third-order valence-corrected chi connectivity index (χ3v) is 5.33. The third-order valence-electron chi connectivity index (χ3n) is 5.33. The third kappa shape index (κ3) is 3.88. The number of rotatable bonds is 8. The molecule has 25 heavy (non-hydrogen) atoms. The Labute approximate surface area is 151 Å². The summed E-state index contributed by atoms with van der Waals surface area (Å²) in [4.78, 5) is 16.4. The van der Waals surface area contributed by atoms with Crippen LogP contribution in [0.3, 0.4) is 0 Å². The maximum absolute atomic E-state index is 11.7. The van der Waals surface area contributed by atoms with Crippen LogP contribution in [-0.4, -0.2) is 57.0 Å². The summed E-state index contributed by atoms with van der Waals surface area (Å²) in [5, 5.41) is 6.58. The van der Waals surface area contributed by atoms with Crippen molar-refractivity contribution in [2.75, 3.05) is 44.7 Å². The van der Waals surface area contributed by atoms with E-state index in [1.54, 1.807) is 0 Å². The van der Waals surface area contributed by atoms with E-state index in [0.717, 1.165) is 70.5 Å². The normalized spacial score (nSPS) is 18.4. The number of unbranched alkanes of at least 4 members (excludes halogenated alkanes) is 1. The van der Waals surface area contributed by atoms with Gasteiger partial charge in [-0.2, -0.15) is 0 Å². The Morgan fingerprint density at radius 2 is 2.12 bits per heavy atom. The van der Waals surface area contributed by atoms with Gasteiger partial charge >= 0.3 is 0 Å². The first-order chi connectivity index (χ1) is 12.3. The lowest BCUT2D eigenvalue weighted by atomic mass is 10.1. The van der Waals surface area contributed by atoms with E-state index in [0.29, 0.717) is 0 Å². The molecule has 1 aromatic rings. The predicted octanol–water partition coefficient (Wildman–Crippen LogP) is 1.84. The summed E-state index contributed by atoms with van der Waals surface area (Å²) in [6.45, 7) is 10.2. The molecule has 0 amide bonds. The zero-order chi connectivity index (χ0) is 17.6. The summed E-state index contributed by atoms with van der Waals surface area (Å²) in [5.41, 5.74) is 4.84. The molecule has 0 aliphatic carbocycles. The fourth-order valence-corrected chi connectivity index (χ4v) is 3.90. The first kappa shape index (κ1) is 18.0. The monoisotopic (exact) mass is 342 g/mol. The zero-order valence-electron chi connectivity index (χ0n) is 15.3. The highest BCUT2D eigenvalue weighted by Gasteiger charge is 2.30. The van der Waals surface area contributed by atoms with Crippen molar-refractivity contribution in [1.29, 1.82) is 0 Å². The van der Waals surface area contributed by atoms with Crippen molar-refractivity contribution in [2.24, 2.45) is 0 Å². The van der Waals surface area contributed by atoms with Crippen LogP contribution in [0.1, 0.15) is 30.4 Å². The summed E-state index contributed by atoms with van der Waals surface area (Å²) < 4.78 is 0. The fraction of sp³-hybridized carbons (Fsp3) is 0.550. The summed E-state index contributed by atoms with van der Waals surface area (Å²) >= 11 is 0. The molecular weight excluding hydrogens is 312 g/mol. The summed E-state index contributed by atoms with van der Waals surface area (Å²) in [7, 11) is 1.97. The molecule has 0 saturated carbocycles. The average molecular weight is 342 g/mol. The summed E-state index contributed by atoms with van der Waals surface area (Å²) in [6.07, 6.45) is 4.14. The van der Waals surface area contributed by atoms with Crippen LogP contribution in [-0.2, 0) is 11.3 Å². The van der Waals surface area contributed by atoms with Gasteiger partial charge in [0.1, 0.15) is 6.29 Å². The predicted molar refractivity (Wildman–Crippen MR) is 104 cm³/mol. The van der Waals surface area contributed by atoms with E-state index in [9.17, 15) is 4.79 Å². The van der Waals surface area contributed by atoms with E-state index in [1.807, 2.05) is 7.05 Å². The number of piperazine rings is 1. The molecule has 0 aromatic heterocycles. The van der Waals surface area contributed by atoms with Crippen LogP contribution in [0.4, 0.5) is 5.69 Å². The Balaban J connectivity index is 1.74. The number of carbonyl (C=O) groups is 1. The number of benzene rings is 1. The number of aldehydes is 1. The molecule has 1 unspecified atom stereocenters. The molecule has 2 heterocycles. The maximum Gasteiger partial charge on any atom is 0.142 e. The molecule has 2 aliphatic heterocycles. The van der Waals surface area contributed by atoms with E-state index < -0.39 is 0 Å². The molecule has 2 aliphatic rings. The molecular formula is C20H30N4O. The van der Waals surface area contributed by atoms with Crippen LogP contribution in [0.15, 0.2) is 24.8 Å². The molecule has 1 atom stereocenters. The fourth-order valence-electron chi connectivity index (χ4n) is 3.90. The Morgan fingerprint density at radius 3 is 2.84 bits per heavy atom.